The molecule has 250 valence electrons. The Kier molecular flexibility index (Phi) is 6.27. The van der Waals surface area contributed by atoms with Crippen LogP contribution in [0.2, 0.25) is 0 Å². The van der Waals surface area contributed by atoms with Crippen molar-refractivity contribution >= 4 is 79.4 Å². The van der Waals surface area contributed by atoms with Crippen molar-refractivity contribution in [1.29, 1.82) is 0 Å². The van der Waals surface area contributed by atoms with Crippen LogP contribution in [0.1, 0.15) is 45.1 Å². The first-order valence-corrected chi connectivity index (χ1v) is 18.9. The molecule has 0 amide bonds. The zero-order valence-electron chi connectivity index (χ0n) is 29.8. The van der Waals surface area contributed by atoms with E-state index >= 15 is 0 Å². The molecule has 11 rings (SSSR count). The average Bonchev–Trinajstić information content (AvgIpc) is 3.41. The number of hydrogen-bond donors (Lipinski definition) is 0. The lowest BCUT2D eigenvalue weighted by Gasteiger charge is -2.52. The zero-order valence-corrected chi connectivity index (χ0v) is 29.8. The molecule has 7 aromatic rings. The summed E-state index contributed by atoms with van der Waals surface area (Å²) in [6, 6.07) is 58.8. The monoisotopic (exact) mass is 669 g/mol. The second-order valence-electron chi connectivity index (χ2n) is 15.7. The Morgan fingerprint density at radius 1 is 0.538 bits per heavy atom. The number of nitrogens with zero attached hydrogens (tertiary/aromatic N) is 3. The van der Waals surface area contributed by atoms with E-state index in [9.17, 15) is 0 Å². The van der Waals surface area contributed by atoms with Gasteiger partial charge in [0.25, 0.3) is 6.71 Å². The van der Waals surface area contributed by atoms with E-state index in [1.54, 1.807) is 5.56 Å². The van der Waals surface area contributed by atoms with Crippen LogP contribution >= 0.6 is 0 Å². The zero-order chi connectivity index (χ0) is 34.6. The molecule has 0 bridgehead atoms. The van der Waals surface area contributed by atoms with Gasteiger partial charge in [0, 0.05) is 50.9 Å². The smallest absolute Gasteiger partial charge is 0.252 e. The van der Waals surface area contributed by atoms with Crippen molar-refractivity contribution in [2.45, 2.75) is 50.5 Å². The lowest BCUT2D eigenvalue weighted by Crippen LogP contribution is -2.64. The summed E-state index contributed by atoms with van der Waals surface area (Å²) in [6.07, 6.45) is 5.01. The van der Waals surface area contributed by atoms with Gasteiger partial charge in [-0.1, -0.05) is 117 Å². The van der Waals surface area contributed by atoms with Crippen LogP contribution in [-0.4, -0.2) is 12.3 Å². The number of rotatable bonds is 4. The van der Waals surface area contributed by atoms with E-state index in [1.807, 2.05) is 0 Å². The van der Waals surface area contributed by atoms with Crippen molar-refractivity contribution in [1.82, 2.24) is 0 Å². The molecule has 3 heterocycles. The Balaban J connectivity index is 1.18. The van der Waals surface area contributed by atoms with Crippen LogP contribution in [0.4, 0.5) is 45.5 Å². The Labute approximate surface area is 306 Å². The van der Waals surface area contributed by atoms with Crippen molar-refractivity contribution in [3.8, 4) is 0 Å². The molecule has 0 aromatic heterocycles. The van der Waals surface area contributed by atoms with Crippen molar-refractivity contribution in [2.75, 3.05) is 14.7 Å². The number of benzene rings is 7. The SMILES string of the molecule is CC12CCCCC1(C)N1c3cccc4c3B(c3ccc(N(c5ccccc5)c5ccc6ccccc6c5)cc3N4c3ccccc3)c3cccc2c31. The van der Waals surface area contributed by atoms with Gasteiger partial charge < -0.3 is 14.7 Å². The van der Waals surface area contributed by atoms with Crippen LogP contribution in [0.15, 0.2) is 158 Å². The Bertz CT molecular complexity index is 2550. The van der Waals surface area contributed by atoms with Crippen LogP contribution < -0.4 is 31.1 Å². The van der Waals surface area contributed by atoms with Crippen LogP contribution in [0, 0.1) is 0 Å². The molecular weight excluding hydrogens is 629 g/mol. The van der Waals surface area contributed by atoms with Gasteiger partial charge in [-0.3, -0.25) is 0 Å². The van der Waals surface area contributed by atoms with E-state index in [2.05, 4.69) is 186 Å². The third kappa shape index (κ3) is 3.93. The fourth-order valence-electron chi connectivity index (χ4n) is 10.5. The Morgan fingerprint density at radius 3 is 2.08 bits per heavy atom. The van der Waals surface area contributed by atoms with E-state index in [0.717, 1.165) is 17.1 Å². The minimum atomic E-state index is 0.0293. The molecule has 3 nitrogen and oxygen atoms in total. The van der Waals surface area contributed by atoms with Crippen molar-refractivity contribution < 1.29 is 0 Å². The molecule has 2 unspecified atom stereocenters. The van der Waals surface area contributed by atoms with Crippen molar-refractivity contribution in [3.05, 3.63) is 163 Å². The normalized spacial score (nSPS) is 20.6. The minimum absolute atomic E-state index is 0.0293. The van der Waals surface area contributed by atoms with Crippen LogP contribution in [0.3, 0.4) is 0 Å². The summed E-state index contributed by atoms with van der Waals surface area (Å²) in [4.78, 5) is 7.74. The number of para-hydroxylation sites is 3. The van der Waals surface area contributed by atoms with Crippen LogP contribution in [0.25, 0.3) is 10.8 Å². The molecule has 0 N–H and O–H groups in total. The van der Waals surface area contributed by atoms with Gasteiger partial charge in [-0.05, 0) is 113 Å². The molecule has 0 radical (unpaired) electrons. The van der Waals surface area contributed by atoms with E-state index < -0.39 is 0 Å². The van der Waals surface area contributed by atoms with E-state index in [0.29, 0.717) is 0 Å². The molecular formula is C48H40BN3. The number of fused-ring (bicyclic) bond motifs is 8. The molecule has 4 aliphatic rings. The molecule has 0 spiro atoms. The van der Waals surface area contributed by atoms with Gasteiger partial charge in [-0.25, -0.2) is 0 Å². The topological polar surface area (TPSA) is 9.72 Å². The van der Waals surface area contributed by atoms with E-state index in [4.69, 9.17) is 0 Å². The fourth-order valence-corrected chi connectivity index (χ4v) is 10.5. The maximum Gasteiger partial charge on any atom is 0.252 e. The predicted octanol–water partition coefficient (Wildman–Crippen LogP) is 10.7. The van der Waals surface area contributed by atoms with Crippen LogP contribution in [-0.2, 0) is 5.41 Å². The van der Waals surface area contributed by atoms with Gasteiger partial charge in [-0.2, -0.15) is 0 Å². The lowest BCUT2D eigenvalue weighted by molar-refractivity contribution is 0.195. The summed E-state index contributed by atoms with van der Waals surface area (Å²) < 4.78 is 0. The van der Waals surface area contributed by atoms with Gasteiger partial charge in [0.1, 0.15) is 0 Å². The number of hydrogen-bond acceptors (Lipinski definition) is 3. The summed E-state index contributed by atoms with van der Waals surface area (Å²) in [7, 11) is 0. The predicted molar refractivity (Wildman–Crippen MR) is 221 cm³/mol. The number of anilines is 8. The molecule has 7 aromatic carbocycles. The highest BCUT2D eigenvalue weighted by atomic mass is 15.3. The highest BCUT2D eigenvalue weighted by Crippen LogP contribution is 2.61. The molecule has 0 saturated heterocycles. The van der Waals surface area contributed by atoms with Gasteiger partial charge in [0.05, 0.1) is 5.54 Å². The van der Waals surface area contributed by atoms with Gasteiger partial charge in [0.15, 0.2) is 0 Å². The highest BCUT2D eigenvalue weighted by Gasteiger charge is 2.61. The standard InChI is InChI=1S/C48H40BN3/c1-47-29-11-12-30-48(47,2)52-43-24-14-23-42-45(43)49(41-22-13-21-39(47)46(41)52)40-28-27-38(32-44(40)51(42)36-19-7-4-8-20-36)50(35-17-5-3-6-18-35)37-26-25-33-15-9-10-16-34(33)31-37/h3-10,13-28,31-32H,11-12,29-30H2,1-2H3. The van der Waals surface area contributed by atoms with Crippen LogP contribution in [0.5, 0.6) is 0 Å². The summed E-state index contributed by atoms with van der Waals surface area (Å²) in [5, 5.41) is 2.48. The van der Waals surface area contributed by atoms with E-state index in [1.165, 1.54) is 81.3 Å². The van der Waals surface area contributed by atoms with E-state index in [-0.39, 0.29) is 17.7 Å². The maximum absolute atomic E-state index is 2.80. The first-order valence-electron chi connectivity index (χ1n) is 18.9. The minimum Gasteiger partial charge on any atom is -0.335 e. The summed E-state index contributed by atoms with van der Waals surface area (Å²) >= 11 is 0. The third-order valence-corrected chi connectivity index (χ3v) is 13.1. The molecule has 52 heavy (non-hydrogen) atoms. The molecule has 1 fully saturated rings. The summed E-state index contributed by atoms with van der Waals surface area (Å²) in [5.74, 6) is 0. The first-order chi connectivity index (χ1) is 25.5. The maximum atomic E-state index is 2.80. The summed E-state index contributed by atoms with van der Waals surface area (Å²) in [5.41, 5.74) is 15.9. The van der Waals surface area contributed by atoms with Crippen molar-refractivity contribution in [3.63, 3.8) is 0 Å². The van der Waals surface area contributed by atoms with Crippen molar-refractivity contribution in [2.24, 2.45) is 0 Å². The third-order valence-electron chi connectivity index (χ3n) is 13.1. The highest BCUT2D eigenvalue weighted by molar-refractivity contribution is 7.00. The molecule has 3 aliphatic heterocycles. The van der Waals surface area contributed by atoms with Gasteiger partial charge in [-0.15, -0.1) is 0 Å². The average molecular weight is 670 g/mol. The Morgan fingerprint density at radius 2 is 1.23 bits per heavy atom. The second kappa shape index (κ2) is 10.9. The molecule has 2 atom stereocenters. The molecule has 1 aliphatic carbocycles. The molecule has 1 saturated carbocycles. The fraction of sp³-hybridized carbons (Fsp3) is 0.167. The first kappa shape index (κ1) is 29.9. The van der Waals surface area contributed by atoms with Gasteiger partial charge >= 0.3 is 0 Å². The largest absolute Gasteiger partial charge is 0.335 e. The molecule has 4 heteroatoms. The quantitative estimate of drug-likeness (QED) is 0.173. The summed E-state index contributed by atoms with van der Waals surface area (Å²) in [6.45, 7) is 5.25. The lowest BCUT2D eigenvalue weighted by atomic mass is 9.33. The Hall–Kier alpha value is -5.74. The second-order valence-corrected chi connectivity index (χ2v) is 15.7. The van der Waals surface area contributed by atoms with Gasteiger partial charge in [0.2, 0.25) is 0 Å².